The van der Waals surface area contributed by atoms with Crippen molar-refractivity contribution in [2.75, 3.05) is 0 Å². The first kappa shape index (κ1) is 13.4. The lowest BCUT2D eigenvalue weighted by atomic mass is 10.2. The van der Waals surface area contributed by atoms with E-state index in [1.165, 1.54) is 17.5 Å². The van der Waals surface area contributed by atoms with Crippen LogP contribution in [0.4, 0.5) is 4.39 Å². The van der Waals surface area contributed by atoms with Crippen molar-refractivity contribution in [2.45, 2.75) is 6.54 Å². The summed E-state index contributed by atoms with van der Waals surface area (Å²) >= 11 is 1.54. The van der Waals surface area contributed by atoms with E-state index in [4.69, 9.17) is 0 Å². The number of hydrogen-bond acceptors (Lipinski definition) is 5. The zero-order valence-corrected chi connectivity index (χ0v) is 11.5. The van der Waals surface area contributed by atoms with Crippen LogP contribution in [0.25, 0.3) is 5.00 Å². The summed E-state index contributed by atoms with van der Waals surface area (Å²) in [4.78, 5) is 15.5. The number of rotatable bonds is 4. The van der Waals surface area contributed by atoms with Crippen molar-refractivity contribution in [3.05, 3.63) is 59.2 Å². The van der Waals surface area contributed by atoms with E-state index in [0.717, 1.165) is 17.3 Å². The summed E-state index contributed by atoms with van der Waals surface area (Å²) in [5.74, 6) is -0.959. The van der Waals surface area contributed by atoms with Crippen molar-refractivity contribution in [3.63, 3.8) is 0 Å². The van der Waals surface area contributed by atoms with Gasteiger partial charge in [-0.05, 0) is 23.6 Å². The highest BCUT2D eigenvalue weighted by atomic mass is 32.1. The van der Waals surface area contributed by atoms with Gasteiger partial charge in [0.2, 0.25) is 0 Å². The third-order valence-corrected chi connectivity index (χ3v) is 3.53. The van der Waals surface area contributed by atoms with Crippen molar-refractivity contribution in [1.29, 1.82) is 0 Å². The SMILES string of the molecule is O=C(NCc1cn(-c2cccs2)nn1)c1cncc(F)c1. The summed E-state index contributed by atoms with van der Waals surface area (Å²) in [6.45, 7) is 0.209. The number of pyridine rings is 1. The average molecular weight is 303 g/mol. The second kappa shape index (κ2) is 5.80. The van der Waals surface area contributed by atoms with E-state index in [1.54, 1.807) is 10.9 Å². The monoisotopic (exact) mass is 303 g/mol. The van der Waals surface area contributed by atoms with E-state index >= 15 is 0 Å². The van der Waals surface area contributed by atoms with Crippen molar-refractivity contribution >= 4 is 17.2 Å². The Bertz CT molecular complexity index is 756. The molecule has 0 aliphatic carbocycles. The van der Waals surface area contributed by atoms with Crippen molar-refractivity contribution in [2.24, 2.45) is 0 Å². The number of nitrogens with zero attached hydrogens (tertiary/aromatic N) is 4. The second-order valence-corrected chi connectivity index (χ2v) is 5.11. The number of carbonyl (C=O) groups is 1. The van der Waals surface area contributed by atoms with Crippen LogP contribution in [0.3, 0.4) is 0 Å². The minimum atomic E-state index is -0.550. The van der Waals surface area contributed by atoms with Crippen LogP contribution >= 0.6 is 11.3 Å². The number of carbonyl (C=O) groups excluding carboxylic acids is 1. The first-order chi connectivity index (χ1) is 10.2. The molecule has 0 aromatic carbocycles. The fraction of sp³-hybridized carbons (Fsp3) is 0.0769. The van der Waals surface area contributed by atoms with Crippen LogP contribution in [-0.2, 0) is 6.54 Å². The Morgan fingerprint density at radius 2 is 2.33 bits per heavy atom. The number of amides is 1. The molecule has 0 atom stereocenters. The van der Waals surface area contributed by atoms with Crippen LogP contribution in [0.1, 0.15) is 16.1 Å². The van der Waals surface area contributed by atoms with Crippen molar-refractivity contribution in [3.8, 4) is 5.00 Å². The largest absolute Gasteiger partial charge is 0.346 e. The summed E-state index contributed by atoms with van der Waals surface area (Å²) in [6.07, 6.45) is 4.08. The molecule has 1 amide bonds. The maximum Gasteiger partial charge on any atom is 0.253 e. The van der Waals surface area contributed by atoms with Crippen LogP contribution in [0.15, 0.2) is 42.2 Å². The van der Waals surface area contributed by atoms with Gasteiger partial charge in [-0.25, -0.2) is 9.07 Å². The first-order valence-electron chi connectivity index (χ1n) is 6.06. The molecule has 1 N–H and O–H groups in total. The molecule has 0 saturated carbocycles. The molecule has 3 aromatic heterocycles. The zero-order valence-electron chi connectivity index (χ0n) is 10.7. The molecule has 3 rings (SSSR count). The third kappa shape index (κ3) is 3.11. The fourth-order valence-corrected chi connectivity index (χ4v) is 2.35. The lowest BCUT2D eigenvalue weighted by Gasteiger charge is -2.02. The van der Waals surface area contributed by atoms with Crippen molar-refractivity contribution in [1.82, 2.24) is 25.3 Å². The molecule has 21 heavy (non-hydrogen) atoms. The summed E-state index contributed by atoms with van der Waals surface area (Å²) in [5, 5.41) is 13.5. The Labute approximate surface area is 123 Å². The zero-order chi connectivity index (χ0) is 14.7. The van der Waals surface area contributed by atoms with Gasteiger partial charge in [0.05, 0.1) is 24.5 Å². The molecule has 0 fully saturated rings. The van der Waals surface area contributed by atoms with Gasteiger partial charge in [0, 0.05) is 6.20 Å². The Hall–Kier alpha value is -2.61. The molecule has 0 spiro atoms. The van der Waals surface area contributed by atoms with E-state index in [2.05, 4.69) is 20.6 Å². The summed E-state index contributed by atoms with van der Waals surface area (Å²) in [5.41, 5.74) is 0.779. The lowest BCUT2D eigenvalue weighted by molar-refractivity contribution is 0.0949. The molecule has 0 radical (unpaired) electrons. The number of halogens is 1. The van der Waals surface area contributed by atoms with Crippen LogP contribution in [0.2, 0.25) is 0 Å². The average Bonchev–Trinajstić information content (AvgIpc) is 3.15. The molecule has 0 unspecified atom stereocenters. The molecular formula is C13H10FN5OS. The summed E-state index contributed by atoms with van der Waals surface area (Å²) in [7, 11) is 0. The maximum absolute atomic E-state index is 13.0. The van der Waals surface area contributed by atoms with E-state index in [1.807, 2.05) is 17.5 Å². The molecule has 106 valence electrons. The molecule has 0 bridgehead atoms. The molecule has 6 nitrogen and oxygen atoms in total. The molecule has 0 aliphatic rings. The second-order valence-electron chi connectivity index (χ2n) is 4.18. The molecule has 3 heterocycles. The highest BCUT2D eigenvalue weighted by Crippen LogP contribution is 2.13. The normalized spacial score (nSPS) is 10.5. The Balaban J connectivity index is 1.64. The Kier molecular flexibility index (Phi) is 3.69. The number of hydrogen-bond donors (Lipinski definition) is 1. The van der Waals surface area contributed by atoms with Gasteiger partial charge in [-0.3, -0.25) is 9.78 Å². The van der Waals surface area contributed by atoms with E-state index in [0.29, 0.717) is 5.69 Å². The van der Waals surface area contributed by atoms with Gasteiger partial charge in [-0.15, -0.1) is 16.4 Å². The van der Waals surface area contributed by atoms with Gasteiger partial charge in [0.15, 0.2) is 0 Å². The fourth-order valence-electron chi connectivity index (χ4n) is 1.70. The Morgan fingerprint density at radius 3 is 3.10 bits per heavy atom. The van der Waals surface area contributed by atoms with Gasteiger partial charge >= 0.3 is 0 Å². The quantitative estimate of drug-likeness (QED) is 0.797. The van der Waals surface area contributed by atoms with E-state index in [-0.39, 0.29) is 12.1 Å². The maximum atomic E-state index is 13.0. The Morgan fingerprint density at radius 1 is 1.43 bits per heavy atom. The van der Waals surface area contributed by atoms with Crippen molar-refractivity contribution < 1.29 is 9.18 Å². The molecular weight excluding hydrogens is 293 g/mol. The predicted molar refractivity (Wildman–Crippen MR) is 74.6 cm³/mol. The van der Waals surface area contributed by atoms with E-state index < -0.39 is 11.7 Å². The predicted octanol–water partition coefficient (Wildman–Crippen LogP) is 1.79. The highest BCUT2D eigenvalue weighted by Gasteiger charge is 2.09. The van der Waals surface area contributed by atoms with Gasteiger partial charge in [0.1, 0.15) is 16.5 Å². The van der Waals surface area contributed by atoms with Gasteiger partial charge < -0.3 is 5.32 Å². The number of aromatic nitrogens is 4. The minimum Gasteiger partial charge on any atom is -0.346 e. The molecule has 0 aliphatic heterocycles. The topological polar surface area (TPSA) is 72.7 Å². The molecule has 0 saturated heterocycles. The summed E-state index contributed by atoms with van der Waals surface area (Å²) < 4.78 is 14.6. The lowest BCUT2D eigenvalue weighted by Crippen LogP contribution is -2.23. The van der Waals surface area contributed by atoms with Crippen LogP contribution in [-0.4, -0.2) is 25.9 Å². The van der Waals surface area contributed by atoms with E-state index in [9.17, 15) is 9.18 Å². The number of nitrogens with one attached hydrogen (secondary N) is 1. The number of thiophene rings is 1. The summed E-state index contributed by atoms with van der Waals surface area (Å²) in [6, 6.07) is 4.96. The van der Waals surface area contributed by atoms with Crippen LogP contribution < -0.4 is 5.32 Å². The third-order valence-electron chi connectivity index (χ3n) is 2.67. The first-order valence-corrected chi connectivity index (χ1v) is 6.94. The molecule has 8 heteroatoms. The highest BCUT2D eigenvalue weighted by molar-refractivity contribution is 7.12. The van der Waals surface area contributed by atoms with Crippen LogP contribution in [0, 0.1) is 5.82 Å². The smallest absolute Gasteiger partial charge is 0.253 e. The van der Waals surface area contributed by atoms with Crippen LogP contribution in [0.5, 0.6) is 0 Å². The standard InChI is InChI=1S/C13H10FN5OS/c14-10-4-9(5-15-6-10)13(20)16-7-11-8-19(18-17-11)12-2-1-3-21-12/h1-6,8H,7H2,(H,16,20). The minimum absolute atomic E-state index is 0.167. The molecule has 3 aromatic rings. The van der Waals surface area contributed by atoms with Gasteiger partial charge in [-0.1, -0.05) is 5.21 Å². The van der Waals surface area contributed by atoms with Gasteiger partial charge in [0.25, 0.3) is 5.91 Å². The van der Waals surface area contributed by atoms with Gasteiger partial charge in [-0.2, -0.15) is 0 Å².